The van der Waals surface area contributed by atoms with Gasteiger partial charge in [0.1, 0.15) is 0 Å². The van der Waals surface area contributed by atoms with Gasteiger partial charge in [0.2, 0.25) is 0 Å². The van der Waals surface area contributed by atoms with Gasteiger partial charge in [0.15, 0.2) is 0 Å². The van der Waals surface area contributed by atoms with E-state index in [9.17, 15) is 9.59 Å². The van der Waals surface area contributed by atoms with Crippen LogP contribution in [0.25, 0.3) is 0 Å². The molecule has 2 aliphatic heterocycles. The zero-order valence-corrected chi connectivity index (χ0v) is 12.3. The zero-order chi connectivity index (χ0) is 15.2. The summed E-state index contributed by atoms with van der Waals surface area (Å²) >= 11 is 0. The van der Waals surface area contributed by atoms with Gasteiger partial charge in [-0.15, -0.1) is 0 Å². The van der Waals surface area contributed by atoms with Gasteiger partial charge >= 0.3 is 11.9 Å². The summed E-state index contributed by atoms with van der Waals surface area (Å²) in [5, 5.41) is 0. The summed E-state index contributed by atoms with van der Waals surface area (Å²) in [7, 11) is 2.65. The molecule has 0 spiro atoms. The molecule has 0 N–H and O–H groups in total. The molecule has 0 aromatic heterocycles. The SMILES string of the molecule is COC(=O)C1=CN(CN2CCOCC2)C=C(C(=O)OC)C1. The standard InChI is InChI=1S/C14H20N2O5/c1-19-13(17)11-7-12(14(18)20-2)9-16(8-11)10-15-3-5-21-6-4-15/h8-9H,3-7,10H2,1-2H3. The number of ether oxygens (including phenoxy) is 3. The lowest BCUT2D eigenvalue weighted by atomic mass is 10.0. The quantitative estimate of drug-likeness (QED) is 0.681. The average molecular weight is 296 g/mol. The first-order valence-electron chi connectivity index (χ1n) is 6.78. The third-order valence-corrected chi connectivity index (χ3v) is 3.39. The van der Waals surface area contributed by atoms with Crippen LogP contribution in [0, 0.1) is 0 Å². The molecule has 2 aliphatic rings. The summed E-state index contributed by atoms with van der Waals surface area (Å²) in [4.78, 5) is 27.5. The number of nitrogens with zero attached hydrogens (tertiary/aromatic N) is 2. The van der Waals surface area contributed by atoms with Crippen molar-refractivity contribution in [3.8, 4) is 0 Å². The van der Waals surface area contributed by atoms with Crippen molar-refractivity contribution in [1.82, 2.24) is 9.80 Å². The Morgan fingerprint density at radius 3 is 2.10 bits per heavy atom. The average Bonchev–Trinajstić information content (AvgIpc) is 2.53. The Hall–Kier alpha value is -1.86. The lowest BCUT2D eigenvalue weighted by Gasteiger charge is -2.32. The van der Waals surface area contributed by atoms with Gasteiger partial charge in [0.25, 0.3) is 0 Å². The molecule has 0 radical (unpaired) electrons. The molecule has 21 heavy (non-hydrogen) atoms. The highest BCUT2D eigenvalue weighted by molar-refractivity contribution is 5.95. The Kier molecular flexibility index (Phi) is 5.35. The van der Waals surface area contributed by atoms with Gasteiger partial charge in [0.05, 0.1) is 45.2 Å². The first-order chi connectivity index (χ1) is 10.1. The van der Waals surface area contributed by atoms with Crippen LogP contribution in [0.5, 0.6) is 0 Å². The predicted octanol–water partition coefficient (Wildman–Crippen LogP) is 0.0956. The van der Waals surface area contributed by atoms with Gasteiger partial charge in [-0.25, -0.2) is 9.59 Å². The summed E-state index contributed by atoms with van der Waals surface area (Å²) in [5.41, 5.74) is 0.877. The van der Waals surface area contributed by atoms with E-state index in [-0.39, 0.29) is 6.42 Å². The Bertz CT molecular complexity index is 434. The van der Waals surface area contributed by atoms with Crippen LogP contribution in [0.15, 0.2) is 23.5 Å². The highest BCUT2D eigenvalue weighted by Gasteiger charge is 2.24. The van der Waals surface area contributed by atoms with Gasteiger partial charge in [-0.3, -0.25) is 4.90 Å². The number of morpholine rings is 1. The van der Waals surface area contributed by atoms with Crippen molar-refractivity contribution in [3.63, 3.8) is 0 Å². The minimum Gasteiger partial charge on any atom is -0.466 e. The fraction of sp³-hybridized carbons (Fsp3) is 0.571. The number of carbonyl (C=O) groups is 2. The summed E-state index contributed by atoms with van der Waals surface area (Å²) in [5.74, 6) is -0.868. The third-order valence-electron chi connectivity index (χ3n) is 3.39. The minimum absolute atomic E-state index is 0.221. The van der Waals surface area contributed by atoms with Gasteiger partial charge in [-0.05, 0) is 0 Å². The maximum absolute atomic E-state index is 11.7. The topological polar surface area (TPSA) is 68.3 Å². The molecule has 7 nitrogen and oxygen atoms in total. The fourth-order valence-corrected chi connectivity index (χ4v) is 2.30. The van der Waals surface area contributed by atoms with Crippen LogP contribution < -0.4 is 0 Å². The van der Waals surface area contributed by atoms with Crippen LogP contribution in [-0.4, -0.2) is 68.9 Å². The number of hydrogen-bond acceptors (Lipinski definition) is 7. The first-order valence-corrected chi connectivity index (χ1v) is 6.78. The fourth-order valence-electron chi connectivity index (χ4n) is 2.30. The lowest BCUT2D eigenvalue weighted by molar-refractivity contribution is -0.136. The molecule has 116 valence electrons. The van der Waals surface area contributed by atoms with Gasteiger partial charge in [-0.2, -0.15) is 0 Å². The summed E-state index contributed by atoms with van der Waals surface area (Å²) in [6, 6.07) is 0. The van der Waals surface area contributed by atoms with Crippen molar-refractivity contribution < 1.29 is 23.8 Å². The van der Waals surface area contributed by atoms with E-state index in [1.165, 1.54) is 14.2 Å². The van der Waals surface area contributed by atoms with Crippen LogP contribution >= 0.6 is 0 Å². The number of carbonyl (C=O) groups excluding carboxylic acids is 2. The number of esters is 2. The van der Waals surface area contributed by atoms with Crippen molar-refractivity contribution in [3.05, 3.63) is 23.5 Å². The monoisotopic (exact) mass is 296 g/mol. The van der Waals surface area contributed by atoms with Crippen molar-refractivity contribution in [1.29, 1.82) is 0 Å². The Labute approximate surface area is 123 Å². The van der Waals surface area contributed by atoms with E-state index < -0.39 is 11.9 Å². The van der Waals surface area contributed by atoms with Gasteiger partial charge < -0.3 is 19.1 Å². The summed E-state index contributed by atoms with van der Waals surface area (Å²) < 4.78 is 14.8. The molecule has 1 saturated heterocycles. The molecule has 0 aromatic rings. The predicted molar refractivity (Wildman–Crippen MR) is 73.9 cm³/mol. The van der Waals surface area contributed by atoms with Crippen molar-refractivity contribution in [2.45, 2.75) is 6.42 Å². The lowest BCUT2D eigenvalue weighted by Crippen LogP contribution is -2.42. The Morgan fingerprint density at radius 2 is 1.62 bits per heavy atom. The third kappa shape index (κ3) is 4.05. The number of rotatable bonds is 4. The molecule has 0 atom stereocenters. The molecule has 1 fully saturated rings. The summed E-state index contributed by atoms with van der Waals surface area (Å²) in [6.45, 7) is 3.60. The molecule has 7 heteroatoms. The Balaban J connectivity index is 2.11. The summed E-state index contributed by atoms with van der Waals surface area (Å²) in [6.07, 6.45) is 3.65. The van der Waals surface area contributed by atoms with E-state index in [2.05, 4.69) is 4.90 Å². The molecule has 0 unspecified atom stereocenters. The minimum atomic E-state index is -0.434. The van der Waals surface area contributed by atoms with Gasteiger partial charge in [0, 0.05) is 31.9 Å². The Morgan fingerprint density at radius 1 is 1.10 bits per heavy atom. The molecule has 0 bridgehead atoms. The van der Waals surface area contributed by atoms with Crippen LogP contribution in [0.2, 0.25) is 0 Å². The van der Waals surface area contributed by atoms with Gasteiger partial charge in [-0.1, -0.05) is 0 Å². The van der Waals surface area contributed by atoms with Crippen LogP contribution in [0.1, 0.15) is 6.42 Å². The molecule has 2 heterocycles. The zero-order valence-electron chi connectivity index (χ0n) is 12.3. The van der Waals surface area contributed by atoms with Crippen molar-refractivity contribution >= 4 is 11.9 Å². The van der Waals surface area contributed by atoms with Crippen molar-refractivity contribution in [2.24, 2.45) is 0 Å². The second kappa shape index (κ2) is 7.24. The second-order valence-electron chi connectivity index (χ2n) is 4.85. The van der Waals surface area contributed by atoms with E-state index in [0.717, 1.165) is 13.1 Å². The van der Waals surface area contributed by atoms with Crippen LogP contribution in [0.4, 0.5) is 0 Å². The van der Waals surface area contributed by atoms with Crippen molar-refractivity contribution in [2.75, 3.05) is 47.2 Å². The molecular formula is C14H20N2O5. The normalized spacial score (nSPS) is 19.6. The smallest absolute Gasteiger partial charge is 0.335 e. The molecule has 0 aromatic carbocycles. The van der Waals surface area contributed by atoms with E-state index in [1.807, 2.05) is 4.90 Å². The first kappa shape index (κ1) is 15.5. The van der Waals surface area contributed by atoms with E-state index in [0.29, 0.717) is 31.0 Å². The highest BCUT2D eigenvalue weighted by Crippen LogP contribution is 2.21. The molecular weight excluding hydrogens is 276 g/mol. The highest BCUT2D eigenvalue weighted by atomic mass is 16.5. The largest absolute Gasteiger partial charge is 0.466 e. The van der Waals surface area contributed by atoms with Crippen LogP contribution in [-0.2, 0) is 23.8 Å². The molecule has 0 amide bonds. The number of hydrogen-bond donors (Lipinski definition) is 0. The number of methoxy groups -OCH3 is 2. The molecule has 2 rings (SSSR count). The molecule has 0 saturated carbocycles. The second-order valence-corrected chi connectivity index (χ2v) is 4.85. The maximum Gasteiger partial charge on any atom is 0.335 e. The van der Waals surface area contributed by atoms with E-state index in [1.54, 1.807) is 12.4 Å². The maximum atomic E-state index is 11.7. The van der Waals surface area contributed by atoms with Crippen LogP contribution in [0.3, 0.4) is 0 Å². The molecule has 0 aliphatic carbocycles. The van der Waals surface area contributed by atoms with E-state index in [4.69, 9.17) is 14.2 Å². The van der Waals surface area contributed by atoms with E-state index >= 15 is 0 Å².